The molecule has 0 saturated carbocycles. The first-order valence-electron chi connectivity index (χ1n) is 6.54. The van der Waals surface area contributed by atoms with Crippen molar-refractivity contribution in [1.29, 1.82) is 0 Å². The van der Waals surface area contributed by atoms with E-state index in [-0.39, 0.29) is 17.4 Å². The van der Waals surface area contributed by atoms with Gasteiger partial charge in [0, 0.05) is 12.7 Å². The summed E-state index contributed by atoms with van der Waals surface area (Å²) in [6.45, 7) is 7.27. The molecule has 0 aromatic carbocycles. The van der Waals surface area contributed by atoms with Crippen molar-refractivity contribution >= 4 is 17.4 Å². The average molecular weight is 245 g/mol. The van der Waals surface area contributed by atoms with Crippen LogP contribution in [0, 0.1) is 12.3 Å². The van der Waals surface area contributed by atoms with Crippen molar-refractivity contribution in [3.8, 4) is 0 Å². The van der Waals surface area contributed by atoms with E-state index in [1.807, 2.05) is 19.2 Å². The second-order valence-electron chi connectivity index (χ2n) is 6.00. The minimum absolute atomic E-state index is 0.00541. The minimum Gasteiger partial charge on any atom is -0.342 e. The Bertz CT molecular complexity index is 510. The first-order chi connectivity index (χ1) is 8.50. The van der Waals surface area contributed by atoms with Gasteiger partial charge in [-0.2, -0.15) is 0 Å². The van der Waals surface area contributed by atoms with Crippen LogP contribution in [-0.4, -0.2) is 23.5 Å². The number of carbonyl (C=O) groups is 1. The Morgan fingerprint density at radius 3 is 3.06 bits per heavy atom. The zero-order valence-corrected chi connectivity index (χ0v) is 11.2. The largest absolute Gasteiger partial charge is 0.342 e. The normalized spacial score (nSPS) is 25.2. The number of hydrogen-bond donors (Lipinski definition) is 1. The van der Waals surface area contributed by atoms with Crippen LogP contribution in [0.5, 0.6) is 0 Å². The van der Waals surface area contributed by atoms with Gasteiger partial charge in [-0.1, -0.05) is 13.8 Å². The van der Waals surface area contributed by atoms with Crippen LogP contribution in [0.25, 0.3) is 0 Å². The Balaban J connectivity index is 2.13. The topological polar surface area (TPSA) is 45.2 Å². The summed E-state index contributed by atoms with van der Waals surface area (Å²) < 4.78 is 0. The van der Waals surface area contributed by atoms with E-state index >= 15 is 0 Å². The third-order valence-corrected chi connectivity index (χ3v) is 4.18. The molecule has 96 valence electrons. The number of piperidine rings is 1. The smallest absolute Gasteiger partial charge is 0.247 e. The fraction of sp³-hybridized carbons (Fsp3) is 0.571. The molecule has 1 saturated heterocycles. The predicted molar refractivity (Wildman–Crippen MR) is 71.8 cm³/mol. The van der Waals surface area contributed by atoms with E-state index in [2.05, 4.69) is 29.0 Å². The molecule has 2 aliphatic heterocycles. The third-order valence-electron chi connectivity index (χ3n) is 4.18. The highest BCUT2D eigenvalue weighted by atomic mass is 16.2. The van der Waals surface area contributed by atoms with Crippen LogP contribution in [0.1, 0.15) is 32.3 Å². The highest BCUT2D eigenvalue weighted by molar-refractivity contribution is 6.04. The molecular weight excluding hydrogens is 226 g/mol. The van der Waals surface area contributed by atoms with E-state index in [1.165, 1.54) is 0 Å². The lowest BCUT2D eigenvalue weighted by Gasteiger charge is -2.48. The molecule has 0 radical (unpaired) electrons. The van der Waals surface area contributed by atoms with Gasteiger partial charge in [0.15, 0.2) is 5.82 Å². The second-order valence-corrected chi connectivity index (χ2v) is 6.00. The maximum atomic E-state index is 12.4. The molecule has 1 aromatic heterocycles. The number of pyridine rings is 1. The number of aryl methyl sites for hydroxylation is 1. The molecule has 1 aromatic rings. The van der Waals surface area contributed by atoms with Crippen molar-refractivity contribution < 1.29 is 4.79 Å². The van der Waals surface area contributed by atoms with Gasteiger partial charge in [0.1, 0.15) is 6.04 Å². The summed E-state index contributed by atoms with van der Waals surface area (Å²) >= 11 is 0. The van der Waals surface area contributed by atoms with Gasteiger partial charge in [0.2, 0.25) is 5.91 Å². The van der Waals surface area contributed by atoms with Crippen LogP contribution >= 0.6 is 0 Å². The molecule has 1 N–H and O–H groups in total. The van der Waals surface area contributed by atoms with E-state index in [0.29, 0.717) is 0 Å². The Labute approximate surface area is 107 Å². The standard InChI is InChI=1S/C14H19N3O/c1-9-5-7-15-12-10(9)16-13(18)11-14(2,3)6-4-8-17(11)12/h5,7,11H,4,6,8H2,1-3H3,(H,16,18). The third kappa shape index (κ3) is 1.51. The molecule has 4 nitrogen and oxygen atoms in total. The van der Waals surface area contributed by atoms with Gasteiger partial charge in [-0.15, -0.1) is 0 Å². The van der Waals surface area contributed by atoms with Crippen LogP contribution < -0.4 is 10.2 Å². The summed E-state index contributed by atoms with van der Waals surface area (Å²) in [5, 5.41) is 3.04. The molecule has 0 spiro atoms. The number of hydrogen-bond acceptors (Lipinski definition) is 3. The summed E-state index contributed by atoms with van der Waals surface area (Å²) in [4.78, 5) is 19.0. The van der Waals surface area contributed by atoms with Gasteiger partial charge in [-0.25, -0.2) is 4.98 Å². The van der Waals surface area contributed by atoms with Gasteiger partial charge < -0.3 is 10.2 Å². The fourth-order valence-corrected chi connectivity index (χ4v) is 3.23. The molecule has 0 aliphatic carbocycles. The lowest BCUT2D eigenvalue weighted by molar-refractivity contribution is -0.120. The molecule has 1 unspecified atom stereocenters. The zero-order valence-electron chi connectivity index (χ0n) is 11.2. The number of nitrogens with one attached hydrogen (secondary N) is 1. The monoisotopic (exact) mass is 245 g/mol. The molecule has 1 amide bonds. The van der Waals surface area contributed by atoms with E-state index in [9.17, 15) is 4.79 Å². The summed E-state index contributed by atoms with van der Waals surface area (Å²) in [6.07, 6.45) is 4.03. The minimum atomic E-state index is -0.0898. The molecule has 3 rings (SSSR count). The van der Waals surface area contributed by atoms with Crippen molar-refractivity contribution in [3.05, 3.63) is 17.8 Å². The Kier molecular flexibility index (Phi) is 2.37. The summed E-state index contributed by atoms with van der Waals surface area (Å²) in [5.41, 5.74) is 1.97. The molecule has 1 atom stereocenters. The van der Waals surface area contributed by atoms with Crippen LogP contribution in [0.2, 0.25) is 0 Å². The van der Waals surface area contributed by atoms with E-state index in [0.717, 1.165) is 36.5 Å². The fourth-order valence-electron chi connectivity index (χ4n) is 3.23. The second kappa shape index (κ2) is 3.70. The first-order valence-corrected chi connectivity index (χ1v) is 6.54. The summed E-state index contributed by atoms with van der Waals surface area (Å²) in [6, 6.07) is 1.85. The number of nitrogens with zero attached hydrogens (tertiary/aromatic N) is 2. The van der Waals surface area contributed by atoms with Gasteiger partial charge in [0.25, 0.3) is 0 Å². The van der Waals surface area contributed by atoms with Gasteiger partial charge >= 0.3 is 0 Å². The molecule has 18 heavy (non-hydrogen) atoms. The lowest BCUT2D eigenvalue weighted by Crippen LogP contribution is -2.59. The number of rotatable bonds is 0. The molecule has 4 heteroatoms. The average Bonchev–Trinajstić information content (AvgIpc) is 2.29. The zero-order chi connectivity index (χ0) is 12.9. The maximum Gasteiger partial charge on any atom is 0.247 e. The van der Waals surface area contributed by atoms with Crippen molar-refractivity contribution in [1.82, 2.24) is 4.98 Å². The highest BCUT2D eigenvalue weighted by Crippen LogP contribution is 2.43. The van der Waals surface area contributed by atoms with Crippen LogP contribution in [-0.2, 0) is 4.79 Å². The Morgan fingerprint density at radius 1 is 1.50 bits per heavy atom. The summed E-state index contributed by atoms with van der Waals surface area (Å²) in [5.74, 6) is 1.05. The molecule has 3 heterocycles. The number of amides is 1. The van der Waals surface area contributed by atoms with Crippen molar-refractivity contribution in [3.63, 3.8) is 0 Å². The number of anilines is 2. The highest BCUT2D eigenvalue weighted by Gasteiger charge is 2.46. The molecular formula is C14H19N3O. The van der Waals surface area contributed by atoms with Crippen molar-refractivity contribution in [2.45, 2.75) is 39.7 Å². The number of carbonyl (C=O) groups excluding carboxylic acids is 1. The van der Waals surface area contributed by atoms with Crippen LogP contribution in [0.4, 0.5) is 11.5 Å². The van der Waals surface area contributed by atoms with Gasteiger partial charge in [0.05, 0.1) is 5.69 Å². The maximum absolute atomic E-state index is 12.4. The number of fused-ring (bicyclic) bond motifs is 3. The number of aromatic nitrogens is 1. The SMILES string of the molecule is Cc1ccnc2c1NC(=O)C1N2CCCC1(C)C. The van der Waals surface area contributed by atoms with Gasteiger partial charge in [-0.05, 0) is 36.8 Å². The quantitative estimate of drug-likeness (QED) is 0.763. The summed E-state index contributed by atoms with van der Waals surface area (Å²) in [7, 11) is 0. The van der Waals surface area contributed by atoms with Crippen molar-refractivity contribution in [2.24, 2.45) is 5.41 Å². The Hall–Kier alpha value is -1.58. The van der Waals surface area contributed by atoms with Gasteiger partial charge in [-0.3, -0.25) is 4.79 Å². The van der Waals surface area contributed by atoms with E-state index < -0.39 is 0 Å². The van der Waals surface area contributed by atoms with Crippen LogP contribution in [0.3, 0.4) is 0 Å². The van der Waals surface area contributed by atoms with Crippen LogP contribution in [0.15, 0.2) is 12.3 Å². The Morgan fingerprint density at radius 2 is 2.28 bits per heavy atom. The molecule has 0 bridgehead atoms. The molecule has 1 fully saturated rings. The predicted octanol–water partition coefficient (Wildman–Crippen LogP) is 2.34. The lowest BCUT2D eigenvalue weighted by atomic mass is 9.75. The first kappa shape index (κ1) is 11.5. The molecule has 2 aliphatic rings. The van der Waals surface area contributed by atoms with E-state index in [1.54, 1.807) is 0 Å². The van der Waals surface area contributed by atoms with Crippen molar-refractivity contribution in [2.75, 3.05) is 16.8 Å². The van der Waals surface area contributed by atoms with E-state index in [4.69, 9.17) is 0 Å².